The quantitative estimate of drug-likeness (QED) is 0.404. The normalized spacial score (nSPS) is 15.8. The first-order chi connectivity index (χ1) is 13.9. The van der Waals surface area contributed by atoms with E-state index in [9.17, 15) is 14.7 Å². The molecule has 0 aliphatic carbocycles. The first kappa shape index (κ1) is 20.8. The minimum atomic E-state index is -0.228. The molecule has 2 amide bonds. The summed E-state index contributed by atoms with van der Waals surface area (Å²) in [7, 11) is 0. The third-order valence-corrected chi connectivity index (χ3v) is 5.52. The van der Waals surface area contributed by atoms with E-state index < -0.39 is 0 Å². The lowest BCUT2D eigenvalue weighted by Gasteiger charge is -2.14. The van der Waals surface area contributed by atoms with Crippen LogP contribution < -0.4 is 5.32 Å². The Morgan fingerprint density at radius 3 is 2.55 bits per heavy atom. The zero-order valence-corrected chi connectivity index (χ0v) is 17.4. The molecule has 7 heteroatoms. The van der Waals surface area contributed by atoms with Crippen molar-refractivity contribution in [3.05, 3.63) is 76.7 Å². The van der Waals surface area contributed by atoms with E-state index in [-0.39, 0.29) is 30.5 Å². The van der Waals surface area contributed by atoms with Crippen molar-refractivity contribution in [1.82, 2.24) is 4.90 Å². The number of thiocarbonyl (C=S) groups is 1. The number of carbonyl (C=O) groups excluding carboxylic acids is 2. The first-order valence-electron chi connectivity index (χ1n) is 9.00. The lowest BCUT2D eigenvalue weighted by molar-refractivity contribution is -0.122. The number of carbonyl (C=O) groups is 2. The van der Waals surface area contributed by atoms with E-state index in [4.69, 9.17) is 12.2 Å². The van der Waals surface area contributed by atoms with Gasteiger partial charge in [0, 0.05) is 18.7 Å². The van der Waals surface area contributed by atoms with E-state index in [1.165, 1.54) is 28.8 Å². The van der Waals surface area contributed by atoms with E-state index in [0.29, 0.717) is 14.9 Å². The van der Waals surface area contributed by atoms with Crippen molar-refractivity contribution in [3.8, 4) is 5.75 Å². The Hall–Kier alpha value is -2.90. The van der Waals surface area contributed by atoms with E-state index in [1.807, 2.05) is 49.4 Å². The summed E-state index contributed by atoms with van der Waals surface area (Å²) in [6.45, 7) is 2.15. The molecule has 0 atom stereocenters. The second kappa shape index (κ2) is 9.54. The number of rotatable bonds is 6. The van der Waals surface area contributed by atoms with Crippen LogP contribution in [-0.2, 0) is 9.59 Å². The van der Waals surface area contributed by atoms with Gasteiger partial charge in [-0.3, -0.25) is 14.5 Å². The van der Waals surface area contributed by atoms with Crippen LogP contribution in [0, 0.1) is 0 Å². The molecule has 1 heterocycles. The Labute approximate surface area is 179 Å². The zero-order chi connectivity index (χ0) is 20.8. The lowest BCUT2D eigenvalue weighted by Crippen LogP contribution is -2.31. The summed E-state index contributed by atoms with van der Waals surface area (Å²) in [5.74, 6) is -0.281. The second-order valence-corrected chi connectivity index (χ2v) is 8.15. The fourth-order valence-corrected chi connectivity index (χ4v) is 4.09. The standard InChI is InChI=1S/C22H20N2O3S2/c1-15(13-16-5-3-2-4-6-16)14-19-21(27)24(22(28)29-19)12-11-20(26)23-17-7-9-18(25)10-8-17/h2-10,13-14,25H,11-12H2,1H3,(H,23,26)/b15-13+,19-14-. The summed E-state index contributed by atoms with van der Waals surface area (Å²) >= 11 is 6.57. The maximum absolute atomic E-state index is 12.7. The number of hydrogen-bond acceptors (Lipinski definition) is 5. The summed E-state index contributed by atoms with van der Waals surface area (Å²) in [6.07, 6.45) is 3.94. The molecule has 29 heavy (non-hydrogen) atoms. The van der Waals surface area contributed by atoms with Crippen LogP contribution in [-0.4, -0.2) is 32.7 Å². The molecule has 3 rings (SSSR count). The van der Waals surface area contributed by atoms with Gasteiger partial charge in [-0.2, -0.15) is 0 Å². The molecule has 1 aliphatic rings. The number of phenolic OH excluding ortho intramolecular Hbond substituents is 1. The third kappa shape index (κ3) is 5.79. The van der Waals surface area contributed by atoms with Crippen LogP contribution in [0.1, 0.15) is 18.9 Å². The van der Waals surface area contributed by atoms with E-state index >= 15 is 0 Å². The third-order valence-electron chi connectivity index (χ3n) is 4.14. The predicted molar refractivity (Wildman–Crippen MR) is 121 cm³/mol. The molecular weight excluding hydrogens is 404 g/mol. The Morgan fingerprint density at radius 1 is 1.17 bits per heavy atom. The number of nitrogens with zero attached hydrogens (tertiary/aromatic N) is 1. The molecule has 2 aromatic carbocycles. The SMILES string of the molecule is CC(/C=C1\SC(=S)N(CCC(=O)Nc2ccc(O)cc2)C1=O)=C\c1ccccc1. The first-order valence-corrected chi connectivity index (χ1v) is 10.2. The number of anilines is 1. The number of thioether (sulfide) groups is 1. The maximum atomic E-state index is 12.7. The topological polar surface area (TPSA) is 69.6 Å². The van der Waals surface area contributed by atoms with Crippen LogP contribution in [0.2, 0.25) is 0 Å². The zero-order valence-electron chi connectivity index (χ0n) is 15.8. The fraction of sp³-hybridized carbons (Fsp3) is 0.136. The molecule has 1 saturated heterocycles. The number of aromatic hydroxyl groups is 1. The van der Waals surface area contributed by atoms with Crippen LogP contribution in [0.4, 0.5) is 5.69 Å². The molecule has 1 fully saturated rings. The Kier molecular flexibility index (Phi) is 6.85. The Balaban J connectivity index is 1.59. The van der Waals surface area contributed by atoms with Crippen molar-refractivity contribution in [2.45, 2.75) is 13.3 Å². The number of hydrogen-bond donors (Lipinski definition) is 2. The van der Waals surface area contributed by atoms with Crippen LogP contribution in [0.5, 0.6) is 5.75 Å². The van der Waals surface area contributed by atoms with Gasteiger partial charge in [-0.05, 0) is 48.4 Å². The summed E-state index contributed by atoms with van der Waals surface area (Å²) in [4.78, 5) is 26.8. The van der Waals surface area contributed by atoms with Gasteiger partial charge in [0.1, 0.15) is 10.1 Å². The van der Waals surface area contributed by atoms with Crippen LogP contribution in [0.3, 0.4) is 0 Å². The summed E-state index contributed by atoms with van der Waals surface area (Å²) in [5.41, 5.74) is 2.59. The molecule has 2 aromatic rings. The molecule has 0 bridgehead atoms. The summed E-state index contributed by atoms with van der Waals surface area (Å²) < 4.78 is 0.450. The molecule has 0 spiro atoms. The number of phenols is 1. The average Bonchev–Trinajstić information content (AvgIpc) is 2.95. The molecule has 1 aliphatic heterocycles. The number of amides is 2. The van der Waals surface area contributed by atoms with Gasteiger partial charge in [-0.1, -0.05) is 60.4 Å². The number of benzene rings is 2. The molecule has 0 radical (unpaired) electrons. The van der Waals surface area contributed by atoms with Crippen LogP contribution in [0.25, 0.3) is 6.08 Å². The van der Waals surface area contributed by atoms with Crippen molar-refractivity contribution in [1.29, 1.82) is 0 Å². The molecule has 0 unspecified atom stereocenters. The molecule has 148 valence electrons. The van der Waals surface area contributed by atoms with Crippen molar-refractivity contribution in [3.63, 3.8) is 0 Å². The highest BCUT2D eigenvalue weighted by Gasteiger charge is 2.32. The van der Waals surface area contributed by atoms with Crippen LogP contribution in [0.15, 0.2) is 71.2 Å². The highest BCUT2D eigenvalue weighted by Crippen LogP contribution is 2.32. The van der Waals surface area contributed by atoms with Gasteiger partial charge in [0.15, 0.2) is 0 Å². The van der Waals surface area contributed by atoms with Crippen molar-refractivity contribution >= 4 is 51.9 Å². The summed E-state index contributed by atoms with van der Waals surface area (Å²) in [6, 6.07) is 16.1. The molecule has 0 aromatic heterocycles. The van der Waals surface area contributed by atoms with Gasteiger partial charge in [0.05, 0.1) is 4.91 Å². The molecule has 0 saturated carbocycles. The number of allylic oxidation sites excluding steroid dienone is 2. The lowest BCUT2D eigenvalue weighted by atomic mass is 10.1. The highest BCUT2D eigenvalue weighted by molar-refractivity contribution is 8.26. The van der Waals surface area contributed by atoms with E-state index in [2.05, 4.69) is 5.32 Å². The second-order valence-electron chi connectivity index (χ2n) is 6.48. The fourth-order valence-electron chi connectivity index (χ4n) is 2.73. The van der Waals surface area contributed by atoms with Crippen molar-refractivity contribution in [2.75, 3.05) is 11.9 Å². The van der Waals surface area contributed by atoms with Gasteiger partial charge < -0.3 is 10.4 Å². The smallest absolute Gasteiger partial charge is 0.266 e. The minimum Gasteiger partial charge on any atom is -0.508 e. The van der Waals surface area contributed by atoms with E-state index in [0.717, 1.165) is 11.1 Å². The average molecular weight is 425 g/mol. The largest absolute Gasteiger partial charge is 0.508 e. The monoisotopic (exact) mass is 424 g/mol. The van der Waals surface area contributed by atoms with Crippen molar-refractivity contribution in [2.24, 2.45) is 0 Å². The Morgan fingerprint density at radius 2 is 1.86 bits per heavy atom. The molecule has 2 N–H and O–H groups in total. The highest BCUT2D eigenvalue weighted by atomic mass is 32.2. The van der Waals surface area contributed by atoms with Gasteiger partial charge in [-0.15, -0.1) is 0 Å². The van der Waals surface area contributed by atoms with Gasteiger partial charge in [-0.25, -0.2) is 0 Å². The van der Waals surface area contributed by atoms with Crippen LogP contribution >= 0.6 is 24.0 Å². The molecular formula is C22H20N2O3S2. The predicted octanol–water partition coefficient (Wildman–Crippen LogP) is 4.57. The van der Waals surface area contributed by atoms with Gasteiger partial charge >= 0.3 is 0 Å². The maximum Gasteiger partial charge on any atom is 0.266 e. The summed E-state index contributed by atoms with van der Waals surface area (Å²) in [5, 5.41) is 12.0. The van der Waals surface area contributed by atoms with Gasteiger partial charge in [0.25, 0.3) is 5.91 Å². The van der Waals surface area contributed by atoms with E-state index in [1.54, 1.807) is 12.1 Å². The molecule has 5 nitrogen and oxygen atoms in total. The van der Waals surface area contributed by atoms with Crippen molar-refractivity contribution < 1.29 is 14.7 Å². The Bertz CT molecular complexity index is 983. The number of nitrogens with one attached hydrogen (secondary N) is 1. The minimum absolute atomic E-state index is 0.124. The van der Waals surface area contributed by atoms with Gasteiger partial charge in [0.2, 0.25) is 5.91 Å².